The highest BCUT2D eigenvalue weighted by Crippen LogP contribution is 2.21. The van der Waals surface area contributed by atoms with E-state index in [1.807, 2.05) is 18.2 Å². The van der Waals surface area contributed by atoms with Crippen LogP contribution in [0.4, 0.5) is 0 Å². The minimum absolute atomic E-state index is 0.0372. The summed E-state index contributed by atoms with van der Waals surface area (Å²) < 4.78 is 11.3. The highest BCUT2D eigenvalue weighted by molar-refractivity contribution is 5.31. The highest BCUT2D eigenvalue weighted by Gasteiger charge is 2.15. The quantitative estimate of drug-likeness (QED) is 0.717. The van der Waals surface area contributed by atoms with Gasteiger partial charge < -0.3 is 9.47 Å². The fraction of sp³-hybridized carbons (Fsp3) is 0.500. The average Bonchev–Trinajstić information content (AvgIpc) is 2.23. The van der Waals surface area contributed by atoms with Gasteiger partial charge in [-0.3, -0.25) is 0 Å². The van der Waals surface area contributed by atoms with Crippen molar-refractivity contribution >= 4 is 0 Å². The number of rotatable bonds is 2. The molecule has 1 fully saturated rings. The van der Waals surface area contributed by atoms with Crippen LogP contribution in [0.2, 0.25) is 0 Å². The molecule has 0 spiro atoms. The SMILES string of the molecule is Cc1ccccc1O[C@H]1CCCCO1. The third-order valence-electron chi connectivity index (χ3n) is 2.49. The van der Waals surface area contributed by atoms with E-state index in [-0.39, 0.29) is 6.29 Å². The smallest absolute Gasteiger partial charge is 0.199 e. The number of benzene rings is 1. The Labute approximate surface area is 84.8 Å². The number of ether oxygens (including phenoxy) is 2. The summed E-state index contributed by atoms with van der Waals surface area (Å²) in [6.07, 6.45) is 3.34. The molecule has 0 aromatic heterocycles. The Morgan fingerprint density at radius 2 is 2.14 bits per heavy atom. The fourth-order valence-corrected chi connectivity index (χ4v) is 1.63. The molecule has 0 unspecified atom stereocenters. The minimum Gasteiger partial charge on any atom is -0.465 e. The molecule has 1 aromatic rings. The molecule has 1 saturated heterocycles. The Hall–Kier alpha value is -1.02. The molecule has 0 amide bonds. The molecule has 2 heteroatoms. The molecule has 0 radical (unpaired) electrons. The molecule has 76 valence electrons. The fourth-order valence-electron chi connectivity index (χ4n) is 1.63. The summed E-state index contributed by atoms with van der Waals surface area (Å²) in [5.41, 5.74) is 1.17. The maximum Gasteiger partial charge on any atom is 0.199 e. The van der Waals surface area contributed by atoms with E-state index in [0.717, 1.165) is 25.2 Å². The molecule has 14 heavy (non-hydrogen) atoms. The van der Waals surface area contributed by atoms with Gasteiger partial charge in [0.25, 0.3) is 0 Å². The van der Waals surface area contributed by atoms with Crippen molar-refractivity contribution in [2.45, 2.75) is 32.5 Å². The maximum absolute atomic E-state index is 5.76. The summed E-state index contributed by atoms with van der Waals surface area (Å²) in [5.74, 6) is 0.944. The number of para-hydroxylation sites is 1. The largest absolute Gasteiger partial charge is 0.465 e. The molecular weight excluding hydrogens is 176 g/mol. The van der Waals surface area contributed by atoms with Gasteiger partial charge in [-0.05, 0) is 31.4 Å². The first kappa shape index (κ1) is 9.53. The summed E-state index contributed by atoms with van der Waals surface area (Å²) in [6.45, 7) is 2.88. The lowest BCUT2D eigenvalue weighted by atomic mass is 10.2. The molecule has 0 saturated carbocycles. The Morgan fingerprint density at radius 3 is 2.86 bits per heavy atom. The lowest BCUT2D eigenvalue weighted by molar-refractivity contribution is -0.106. The van der Waals surface area contributed by atoms with Crippen molar-refractivity contribution in [3.8, 4) is 5.75 Å². The van der Waals surface area contributed by atoms with Crippen molar-refractivity contribution in [2.24, 2.45) is 0 Å². The second-order valence-corrected chi connectivity index (χ2v) is 3.68. The van der Waals surface area contributed by atoms with Crippen molar-refractivity contribution in [3.63, 3.8) is 0 Å². The zero-order valence-corrected chi connectivity index (χ0v) is 8.53. The van der Waals surface area contributed by atoms with E-state index in [4.69, 9.17) is 9.47 Å². The van der Waals surface area contributed by atoms with Gasteiger partial charge in [0, 0.05) is 6.42 Å². The first-order chi connectivity index (χ1) is 6.86. The van der Waals surface area contributed by atoms with Gasteiger partial charge in [-0.2, -0.15) is 0 Å². The predicted molar refractivity (Wildman–Crippen MR) is 55.4 cm³/mol. The molecule has 1 aliphatic rings. The predicted octanol–water partition coefficient (Wildman–Crippen LogP) is 2.90. The number of aryl methyl sites for hydroxylation is 1. The van der Waals surface area contributed by atoms with Crippen LogP contribution in [0.1, 0.15) is 24.8 Å². The van der Waals surface area contributed by atoms with Crippen LogP contribution in [0.15, 0.2) is 24.3 Å². The van der Waals surface area contributed by atoms with Crippen LogP contribution >= 0.6 is 0 Å². The Bertz CT molecular complexity index is 290. The zero-order chi connectivity index (χ0) is 9.80. The van der Waals surface area contributed by atoms with Crippen LogP contribution in [-0.2, 0) is 4.74 Å². The summed E-state index contributed by atoms with van der Waals surface area (Å²) in [5, 5.41) is 0. The van der Waals surface area contributed by atoms with Gasteiger partial charge in [0.15, 0.2) is 6.29 Å². The minimum atomic E-state index is -0.0372. The molecule has 2 nitrogen and oxygen atoms in total. The standard InChI is InChI=1S/C12H16O2/c1-10-6-2-3-7-11(10)14-12-8-4-5-9-13-12/h2-3,6-7,12H,4-5,8-9H2,1H3/t12-/m0/s1. The van der Waals surface area contributed by atoms with E-state index in [1.54, 1.807) is 0 Å². The van der Waals surface area contributed by atoms with Gasteiger partial charge >= 0.3 is 0 Å². The third kappa shape index (κ3) is 2.26. The summed E-state index contributed by atoms with van der Waals surface area (Å²) in [6, 6.07) is 8.06. The maximum atomic E-state index is 5.76. The van der Waals surface area contributed by atoms with Crippen LogP contribution in [-0.4, -0.2) is 12.9 Å². The van der Waals surface area contributed by atoms with Gasteiger partial charge in [-0.1, -0.05) is 18.2 Å². The normalized spacial score (nSPS) is 21.9. The molecule has 2 rings (SSSR count). The lowest BCUT2D eigenvalue weighted by Crippen LogP contribution is -2.25. The van der Waals surface area contributed by atoms with Gasteiger partial charge in [0.05, 0.1) is 6.61 Å². The van der Waals surface area contributed by atoms with Crippen LogP contribution < -0.4 is 4.74 Å². The van der Waals surface area contributed by atoms with Gasteiger partial charge in [-0.15, -0.1) is 0 Å². The molecule has 1 aliphatic heterocycles. The van der Waals surface area contributed by atoms with Crippen LogP contribution in [0, 0.1) is 6.92 Å². The van der Waals surface area contributed by atoms with E-state index in [0.29, 0.717) is 0 Å². The topological polar surface area (TPSA) is 18.5 Å². The van der Waals surface area contributed by atoms with Crippen molar-refractivity contribution in [1.82, 2.24) is 0 Å². The molecule has 0 bridgehead atoms. The van der Waals surface area contributed by atoms with Gasteiger partial charge in [0.1, 0.15) is 5.75 Å². The van der Waals surface area contributed by atoms with E-state index >= 15 is 0 Å². The first-order valence-electron chi connectivity index (χ1n) is 5.20. The Morgan fingerprint density at radius 1 is 1.29 bits per heavy atom. The average molecular weight is 192 g/mol. The summed E-state index contributed by atoms with van der Waals surface area (Å²) in [4.78, 5) is 0. The Balaban J connectivity index is 1.99. The molecule has 0 N–H and O–H groups in total. The molecular formula is C12H16O2. The molecule has 1 heterocycles. The highest BCUT2D eigenvalue weighted by atomic mass is 16.7. The summed E-state index contributed by atoms with van der Waals surface area (Å²) >= 11 is 0. The summed E-state index contributed by atoms with van der Waals surface area (Å²) in [7, 11) is 0. The van der Waals surface area contributed by atoms with Crippen molar-refractivity contribution in [3.05, 3.63) is 29.8 Å². The van der Waals surface area contributed by atoms with Gasteiger partial charge in [-0.25, -0.2) is 0 Å². The van der Waals surface area contributed by atoms with Crippen molar-refractivity contribution in [1.29, 1.82) is 0 Å². The second kappa shape index (κ2) is 4.47. The zero-order valence-electron chi connectivity index (χ0n) is 8.53. The Kier molecular flexibility index (Phi) is 3.04. The number of hydrogen-bond donors (Lipinski definition) is 0. The molecule has 0 aliphatic carbocycles. The first-order valence-corrected chi connectivity index (χ1v) is 5.20. The molecule has 1 atom stereocenters. The van der Waals surface area contributed by atoms with Crippen molar-refractivity contribution in [2.75, 3.05) is 6.61 Å². The molecule has 1 aromatic carbocycles. The van der Waals surface area contributed by atoms with E-state index in [1.165, 1.54) is 12.0 Å². The van der Waals surface area contributed by atoms with Crippen molar-refractivity contribution < 1.29 is 9.47 Å². The van der Waals surface area contributed by atoms with E-state index < -0.39 is 0 Å². The van der Waals surface area contributed by atoms with Gasteiger partial charge in [0.2, 0.25) is 0 Å². The second-order valence-electron chi connectivity index (χ2n) is 3.68. The monoisotopic (exact) mass is 192 g/mol. The van der Waals surface area contributed by atoms with Crippen LogP contribution in [0.3, 0.4) is 0 Å². The lowest BCUT2D eigenvalue weighted by Gasteiger charge is -2.24. The third-order valence-corrected chi connectivity index (χ3v) is 2.49. The number of hydrogen-bond acceptors (Lipinski definition) is 2. The van der Waals surface area contributed by atoms with E-state index in [2.05, 4.69) is 13.0 Å². The van der Waals surface area contributed by atoms with E-state index in [9.17, 15) is 0 Å². The van der Waals surface area contributed by atoms with Crippen LogP contribution in [0.25, 0.3) is 0 Å². The van der Waals surface area contributed by atoms with Crippen LogP contribution in [0.5, 0.6) is 5.75 Å².